The van der Waals surface area contributed by atoms with Gasteiger partial charge in [0.05, 0.1) is 23.8 Å². The molecule has 1 aromatic rings. The van der Waals surface area contributed by atoms with Gasteiger partial charge in [-0.2, -0.15) is 0 Å². The fourth-order valence-electron chi connectivity index (χ4n) is 5.94. The van der Waals surface area contributed by atoms with Gasteiger partial charge in [0.1, 0.15) is 17.4 Å². The summed E-state index contributed by atoms with van der Waals surface area (Å²) in [4.78, 5) is 35.6. The molecule has 1 aromatic carbocycles. The molecular weight excluding hydrogens is 484 g/mol. The number of carbonyl (C=O) groups is 2. The Morgan fingerprint density at radius 2 is 2.00 bits per heavy atom. The highest BCUT2D eigenvalue weighted by Crippen LogP contribution is 2.35. The van der Waals surface area contributed by atoms with Crippen molar-refractivity contribution in [3.05, 3.63) is 53.0 Å². The van der Waals surface area contributed by atoms with E-state index >= 15 is 0 Å². The zero-order valence-corrected chi connectivity index (χ0v) is 22.0. The van der Waals surface area contributed by atoms with Crippen molar-refractivity contribution in [3.8, 4) is 5.75 Å². The number of ether oxygens (including phenoxy) is 1. The lowest BCUT2D eigenvalue weighted by molar-refractivity contribution is -0.123. The first kappa shape index (κ1) is 24.9. The summed E-state index contributed by atoms with van der Waals surface area (Å²) in [5.41, 5.74) is 6.18. The summed E-state index contributed by atoms with van der Waals surface area (Å²) in [5, 5.41) is 14.9. The molecule has 10 heteroatoms. The number of amides is 2. The van der Waals surface area contributed by atoms with Crippen LogP contribution in [0.4, 0.5) is 0 Å². The number of hydrogen-bond donors (Lipinski definition) is 3. The monoisotopic (exact) mass is 520 g/mol. The summed E-state index contributed by atoms with van der Waals surface area (Å²) in [7, 11) is 0. The molecule has 0 radical (unpaired) electrons. The zero-order chi connectivity index (χ0) is 26.4. The predicted molar refractivity (Wildman–Crippen MR) is 142 cm³/mol. The van der Waals surface area contributed by atoms with Crippen molar-refractivity contribution in [3.63, 3.8) is 0 Å². The minimum Gasteiger partial charge on any atom is -0.483 e. The Kier molecular flexibility index (Phi) is 6.61. The molecule has 10 nitrogen and oxygen atoms in total. The van der Waals surface area contributed by atoms with Crippen molar-refractivity contribution < 1.29 is 19.4 Å². The van der Waals surface area contributed by atoms with Crippen molar-refractivity contribution in [1.82, 2.24) is 25.6 Å². The van der Waals surface area contributed by atoms with E-state index in [0.717, 1.165) is 48.6 Å². The topological polar surface area (TPSA) is 110 Å². The molecule has 2 fully saturated rings. The number of carbonyl (C=O) groups excluding carboxylic acids is 2. The number of aryl methyl sites for hydroxylation is 1. The molecule has 2 saturated heterocycles. The third kappa shape index (κ3) is 4.67. The van der Waals surface area contributed by atoms with Crippen LogP contribution >= 0.6 is 0 Å². The van der Waals surface area contributed by atoms with E-state index in [1.54, 1.807) is 6.07 Å². The lowest BCUT2D eigenvalue weighted by Crippen LogP contribution is -2.56. The van der Waals surface area contributed by atoms with Gasteiger partial charge in [0.15, 0.2) is 6.61 Å². The first-order chi connectivity index (χ1) is 18.4. The van der Waals surface area contributed by atoms with E-state index in [1.165, 1.54) is 0 Å². The van der Waals surface area contributed by atoms with Gasteiger partial charge in [-0.1, -0.05) is 18.6 Å². The van der Waals surface area contributed by atoms with Crippen LogP contribution in [0.15, 0.2) is 46.9 Å². The molecule has 2 bridgehead atoms. The van der Waals surface area contributed by atoms with Crippen LogP contribution in [-0.2, 0) is 4.79 Å². The Hall–Kier alpha value is -3.37. The van der Waals surface area contributed by atoms with Crippen molar-refractivity contribution in [2.75, 3.05) is 32.8 Å². The zero-order valence-electron chi connectivity index (χ0n) is 22.0. The van der Waals surface area contributed by atoms with Gasteiger partial charge in [-0.25, -0.2) is 10.4 Å². The summed E-state index contributed by atoms with van der Waals surface area (Å²) < 4.78 is 5.88. The SMILES string of the molecule is Cc1ccc2c(c1)C(=O)N1CCCCC1C1C=C3N=C(N4CC(O)C4)C=C(C(C)CCNC(=O)CO2)N3N1. The maximum absolute atomic E-state index is 14.0. The molecular formula is C28H36N6O4. The molecule has 0 aromatic heterocycles. The summed E-state index contributed by atoms with van der Waals surface area (Å²) in [6.45, 7) is 6.27. The number of benzene rings is 1. The van der Waals surface area contributed by atoms with Crippen LogP contribution in [0.3, 0.4) is 0 Å². The van der Waals surface area contributed by atoms with E-state index in [-0.39, 0.29) is 42.5 Å². The number of β-amino-alcohol motifs (C(OH)–C–C–N with tert-alkyl or cyclic N) is 1. The van der Waals surface area contributed by atoms with Gasteiger partial charge >= 0.3 is 0 Å². The van der Waals surface area contributed by atoms with E-state index in [0.29, 0.717) is 37.5 Å². The molecule has 0 aliphatic carbocycles. The van der Waals surface area contributed by atoms with E-state index in [2.05, 4.69) is 39.7 Å². The van der Waals surface area contributed by atoms with E-state index in [9.17, 15) is 14.7 Å². The number of hydrogen-bond acceptors (Lipinski definition) is 8. The Morgan fingerprint density at radius 1 is 1.16 bits per heavy atom. The number of aliphatic imine (C=N–C) groups is 1. The highest BCUT2D eigenvalue weighted by Gasteiger charge is 2.41. The van der Waals surface area contributed by atoms with Gasteiger partial charge < -0.3 is 25.0 Å². The van der Waals surface area contributed by atoms with Crippen molar-refractivity contribution in [2.45, 2.75) is 57.7 Å². The fourth-order valence-corrected chi connectivity index (χ4v) is 5.94. The predicted octanol–water partition coefficient (Wildman–Crippen LogP) is 1.53. The summed E-state index contributed by atoms with van der Waals surface area (Å²) in [6.07, 6.45) is 7.52. The van der Waals surface area contributed by atoms with Gasteiger partial charge in [0.25, 0.3) is 11.8 Å². The number of nitrogens with one attached hydrogen (secondary N) is 2. The Morgan fingerprint density at radius 3 is 2.82 bits per heavy atom. The van der Waals surface area contributed by atoms with Gasteiger partial charge in [0.2, 0.25) is 0 Å². The number of hydrazine groups is 1. The smallest absolute Gasteiger partial charge is 0.257 e. The quantitative estimate of drug-likeness (QED) is 0.476. The standard InChI is InChI=1S/C28H36N6O4/c1-17-6-7-24-20(11-17)28(37)33-10-4-3-5-22(33)21-12-26-30-25(32-14-19(35)15-32)13-23(34(26)31-21)18(2)8-9-29-27(36)16-38-24/h6-7,11-13,18-19,21-22,31,35H,3-5,8-10,14-16H2,1-2H3,(H,29,36). The third-order valence-corrected chi connectivity index (χ3v) is 8.14. The molecule has 5 aliphatic heterocycles. The lowest BCUT2D eigenvalue weighted by Gasteiger charge is -2.41. The van der Waals surface area contributed by atoms with Crippen LogP contribution < -0.4 is 15.5 Å². The van der Waals surface area contributed by atoms with Gasteiger partial charge in [0, 0.05) is 38.0 Å². The molecule has 3 atom stereocenters. The largest absolute Gasteiger partial charge is 0.483 e. The van der Waals surface area contributed by atoms with Gasteiger partial charge in [-0.05, 0) is 56.7 Å². The Balaban J connectivity index is 1.38. The van der Waals surface area contributed by atoms with Crippen LogP contribution in [0.25, 0.3) is 0 Å². The van der Waals surface area contributed by atoms with Crippen LogP contribution in [0.1, 0.15) is 48.5 Å². The number of piperidine rings is 1. The second kappa shape index (κ2) is 10.1. The maximum atomic E-state index is 14.0. The van der Waals surface area contributed by atoms with E-state index < -0.39 is 0 Å². The normalized spacial score (nSPS) is 28.3. The average molecular weight is 521 g/mol. The highest BCUT2D eigenvalue weighted by molar-refractivity contribution is 5.98. The van der Waals surface area contributed by atoms with E-state index in [4.69, 9.17) is 9.73 Å². The minimum atomic E-state index is -0.325. The number of likely N-dealkylation sites (tertiary alicyclic amines) is 1. The third-order valence-electron chi connectivity index (χ3n) is 8.14. The Bertz CT molecular complexity index is 1220. The number of fused-ring (bicyclic) bond motifs is 4. The second-order valence-corrected chi connectivity index (χ2v) is 11.0. The molecule has 6 rings (SSSR count). The molecule has 38 heavy (non-hydrogen) atoms. The minimum absolute atomic E-state index is 0.0417. The number of nitrogens with zero attached hydrogens (tertiary/aromatic N) is 4. The first-order valence-electron chi connectivity index (χ1n) is 13.7. The van der Waals surface area contributed by atoms with Crippen LogP contribution in [0.2, 0.25) is 0 Å². The molecule has 2 amide bonds. The van der Waals surface area contributed by atoms with Gasteiger partial charge in [-0.3, -0.25) is 14.6 Å². The summed E-state index contributed by atoms with van der Waals surface area (Å²) in [5.74, 6) is 1.94. The molecule has 3 unspecified atom stereocenters. The van der Waals surface area contributed by atoms with Crippen LogP contribution in [-0.4, -0.2) is 88.5 Å². The van der Waals surface area contributed by atoms with Crippen LogP contribution in [0.5, 0.6) is 5.75 Å². The van der Waals surface area contributed by atoms with Crippen LogP contribution in [0, 0.1) is 12.8 Å². The number of rotatable bonds is 0. The summed E-state index contributed by atoms with van der Waals surface area (Å²) >= 11 is 0. The van der Waals surface area contributed by atoms with Crippen molar-refractivity contribution in [2.24, 2.45) is 10.9 Å². The number of amidine groups is 1. The van der Waals surface area contributed by atoms with Crippen molar-refractivity contribution in [1.29, 1.82) is 0 Å². The molecule has 5 heterocycles. The van der Waals surface area contributed by atoms with Crippen molar-refractivity contribution >= 4 is 17.6 Å². The highest BCUT2D eigenvalue weighted by atomic mass is 16.5. The number of allylic oxidation sites excluding steroid dienone is 1. The first-order valence-corrected chi connectivity index (χ1v) is 13.7. The molecule has 5 aliphatic rings. The molecule has 0 spiro atoms. The van der Waals surface area contributed by atoms with E-state index in [1.807, 2.05) is 24.0 Å². The lowest BCUT2D eigenvalue weighted by atomic mass is 9.94. The number of aliphatic hydroxyl groups is 1. The molecule has 3 N–H and O–H groups in total. The molecule has 0 saturated carbocycles. The maximum Gasteiger partial charge on any atom is 0.257 e. The average Bonchev–Trinajstić information content (AvgIpc) is 3.33. The second-order valence-electron chi connectivity index (χ2n) is 11.0. The fraction of sp³-hybridized carbons (Fsp3) is 0.536. The molecule has 202 valence electrons. The summed E-state index contributed by atoms with van der Waals surface area (Å²) in [6, 6.07) is 5.42. The number of aliphatic hydroxyl groups excluding tert-OH is 1. The van der Waals surface area contributed by atoms with Gasteiger partial charge in [-0.15, -0.1) is 0 Å². The Labute approximate surface area is 223 Å².